The third kappa shape index (κ3) is 1.83. The Bertz CT molecular complexity index is 271. The topological polar surface area (TPSA) is 6.48 Å². The monoisotopic (exact) mass is 178 g/mol. The number of benzene rings is 1. The largest absolute Gasteiger partial charge is 0.308 e. The maximum Gasteiger partial charge on any atom is 0.0564 e. The van der Waals surface area contributed by atoms with Gasteiger partial charge >= 0.3 is 0 Å². The Labute approximate surface area is 80.7 Å². The molecular formula is C11H18N2. The van der Waals surface area contributed by atoms with Crippen LogP contribution in [0, 0.1) is 0 Å². The first-order chi connectivity index (χ1) is 6.29. The van der Waals surface area contributed by atoms with E-state index in [1.807, 2.05) is 13.8 Å². The van der Waals surface area contributed by atoms with E-state index in [-0.39, 0.29) is 0 Å². The zero-order valence-corrected chi connectivity index (χ0v) is 8.91. The lowest BCUT2D eigenvalue weighted by molar-refractivity contribution is 0.345. The van der Waals surface area contributed by atoms with Crippen molar-refractivity contribution < 1.29 is 0 Å². The molecule has 0 fully saturated rings. The van der Waals surface area contributed by atoms with E-state index in [9.17, 15) is 0 Å². The number of hydrogen-bond acceptors (Lipinski definition) is 2. The summed E-state index contributed by atoms with van der Waals surface area (Å²) in [5.74, 6) is 0. The number of para-hydroxylation sites is 1. The number of anilines is 1. The fraction of sp³-hybridized carbons (Fsp3) is 0.455. The highest BCUT2D eigenvalue weighted by Crippen LogP contribution is 2.27. The maximum atomic E-state index is 2.20. The van der Waals surface area contributed by atoms with Gasteiger partial charge in [0.15, 0.2) is 0 Å². The average Bonchev–Trinajstić information content (AvgIpc) is 2.47. The molecule has 0 amide bonds. The van der Waals surface area contributed by atoms with Crippen molar-refractivity contribution in [1.29, 1.82) is 0 Å². The number of fused-ring (bicyclic) bond motifs is 1. The van der Waals surface area contributed by atoms with Crippen LogP contribution in [0.5, 0.6) is 0 Å². The second-order valence-corrected chi connectivity index (χ2v) is 2.97. The van der Waals surface area contributed by atoms with Gasteiger partial charge in [-0.2, -0.15) is 0 Å². The predicted molar refractivity (Wildman–Crippen MR) is 57.7 cm³/mol. The zero-order valence-electron chi connectivity index (χ0n) is 8.91. The molecule has 0 bridgehead atoms. The van der Waals surface area contributed by atoms with Gasteiger partial charge in [0, 0.05) is 20.6 Å². The number of hydrazine groups is 1. The predicted octanol–water partition coefficient (Wildman–Crippen LogP) is 2.51. The average molecular weight is 178 g/mol. The van der Waals surface area contributed by atoms with Crippen LogP contribution in [0.4, 0.5) is 5.69 Å². The van der Waals surface area contributed by atoms with Gasteiger partial charge in [-0.05, 0) is 11.6 Å². The fourth-order valence-corrected chi connectivity index (χ4v) is 1.50. The Morgan fingerprint density at radius 3 is 2.31 bits per heavy atom. The normalized spacial score (nSPS) is 14.9. The molecule has 0 saturated carbocycles. The molecule has 0 aromatic heterocycles. The van der Waals surface area contributed by atoms with Crippen LogP contribution in [0.25, 0.3) is 0 Å². The van der Waals surface area contributed by atoms with Gasteiger partial charge in [-0.3, -0.25) is 0 Å². The van der Waals surface area contributed by atoms with E-state index >= 15 is 0 Å². The lowest BCUT2D eigenvalue weighted by Crippen LogP contribution is -2.29. The molecule has 0 spiro atoms. The van der Waals surface area contributed by atoms with Gasteiger partial charge in [-0.15, -0.1) is 0 Å². The summed E-state index contributed by atoms with van der Waals surface area (Å²) in [4.78, 5) is 0. The minimum Gasteiger partial charge on any atom is -0.308 e. The van der Waals surface area contributed by atoms with Gasteiger partial charge < -0.3 is 5.01 Å². The molecule has 72 valence electrons. The minimum absolute atomic E-state index is 1.03. The van der Waals surface area contributed by atoms with Crippen LogP contribution in [0.3, 0.4) is 0 Å². The Kier molecular flexibility index (Phi) is 3.32. The Morgan fingerprint density at radius 1 is 1.08 bits per heavy atom. The highest BCUT2D eigenvalue weighted by atomic mass is 15.6. The molecular weight excluding hydrogens is 160 g/mol. The van der Waals surface area contributed by atoms with Crippen LogP contribution in [-0.4, -0.2) is 19.1 Å². The molecule has 0 radical (unpaired) electrons. The van der Waals surface area contributed by atoms with Crippen molar-refractivity contribution in [2.45, 2.75) is 20.4 Å². The smallest absolute Gasteiger partial charge is 0.0564 e. The summed E-state index contributed by atoms with van der Waals surface area (Å²) >= 11 is 0. The van der Waals surface area contributed by atoms with Crippen molar-refractivity contribution >= 4 is 5.69 Å². The molecule has 13 heavy (non-hydrogen) atoms. The summed E-state index contributed by atoms with van der Waals surface area (Å²) in [7, 11) is 4.19. The summed E-state index contributed by atoms with van der Waals surface area (Å²) in [6, 6.07) is 8.49. The summed E-state index contributed by atoms with van der Waals surface area (Å²) in [5.41, 5.74) is 2.74. The van der Waals surface area contributed by atoms with Gasteiger partial charge in [-0.25, -0.2) is 5.01 Å². The van der Waals surface area contributed by atoms with Crippen LogP contribution in [0.2, 0.25) is 0 Å². The number of nitrogens with zero attached hydrogens (tertiary/aromatic N) is 2. The zero-order chi connectivity index (χ0) is 9.84. The Morgan fingerprint density at radius 2 is 1.69 bits per heavy atom. The molecule has 1 aromatic rings. The van der Waals surface area contributed by atoms with E-state index < -0.39 is 0 Å². The molecule has 0 saturated heterocycles. The van der Waals surface area contributed by atoms with Crippen molar-refractivity contribution in [3.05, 3.63) is 29.8 Å². The fourth-order valence-electron chi connectivity index (χ4n) is 1.50. The van der Waals surface area contributed by atoms with Gasteiger partial charge in [0.05, 0.1) is 5.69 Å². The summed E-state index contributed by atoms with van der Waals surface area (Å²) in [5, 5.41) is 4.38. The van der Waals surface area contributed by atoms with Crippen molar-refractivity contribution in [3.8, 4) is 0 Å². The lowest BCUT2D eigenvalue weighted by atomic mass is 10.2. The van der Waals surface area contributed by atoms with Gasteiger partial charge in [0.25, 0.3) is 0 Å². The van der Waals surface area contributed by atoms with E-state index in [0.29, 0.717) is 0 Å². The van der Waals surface area contributed by atoms with Gasteiger partial charge in [-0.1, -0.05) is 32.0 Å². The number of rotatable bonds is 0. The molecule has 0 aliphatic carbocycles. The second kappa shape index (κ2) is 4.28. The molecule has 0 unspecified atom stereocenters. The quantitative estimate of drug-likeness (QED) is 0.602. The SMILES string of the molecule is CC.CN1Cc2ccccc2N1C. The van der Waals surface area contributed by atoms with E-state index in [2.05, 4.69) is 48.4 Å². The van der Waals surface area contributed by atoms with E-state index in [1.54, 1.807) is 0 Å². The second-order valence-electron chi connectivity index (χ2n) is 2.97. The highest BCUT2D eigenvalue weighted by Gasteiger charge is 2.18. The third-order valence-electron chi connectivity index (χ3n) is 2.25. The summed E-state index contributed by atoms with van der Waals surface area (Å²) in [6.07, 6.45) is 0. The van der Waals surface area contributed by atoms with Crippen molar-refractivity contribution in [2.24, 2.45) is 0 Å². The first kappa shape index (κ1) is 10.1. The molecule has 1 aromatic carbocycles. The van der Waals surface area contributed by atoms with Crippen molar-refractivity contribution in [1.82, 2.24) is 5.01 Å². The number of hydrogen-bond donors (Lipinski definition) is 0. The molecule has 0 N–H and O–H groups in total. The molecule has 2 heteroatoms. The summed E-state index contributed by atoms with van der Waals surface area (Å²) in [6.45, 7) is 5.03. The molecule has 1 heterocycles. The van der Waals surface area contributed by atoms with Crippen LogP contribution in [-0.2, 0) is 6.54 Å². The van der Waals surface area contributed by atoms with E-state index in [0.717, 1.165) is 6.54 Å². The van der Waals surface area contributed by atoms with Gasteiger partial charge in [0.2, 0.25) is 0 Å². The van der Waals surface area contributed by atoms with Crippen LogP contribution >= 0.6 is 0 Å². The summed E-state index contributed by atoms with van der Waals surface area (Å²) < 4.78 is 0. The molecule has 2 rings (SSSR count). The van der Waals surface area contributed by atoms with Crippen molar-refractivity contribution in [2.75, 3.05) is 19.1 Å². The maximum absolute atomic E-state index is 2.20. The highest BCUT2D eigenvalue weighted by molar-refractivity contribution is 5.55. The molecule has 1 aliphatic rings. The van der Waals surface area contributed by atoms with Crippen LogP contribution in [0.1, 0.15) is 19.4 Å². The van der Waals surface area contributed by atoms with Gasteiger partial charge in [0.1, 0.15) is 0 Å². The lowest BCUT2D eigenvalue weighted by Gasteiger charge is -2.20. The molecule has 1 aliphatic heterocycles. The minimum atomic E-state index is 1.03. The van der Waals surface area contributed by atoms with Crippen LogP contribution in [0.15, 0.2) is 24.3 Å². The van der Waals surface area contributed by atoms with E-state index in [1.165, 1.54) is 11.3 Å². The molecule has 0 atom stereocenters. The van der Waals surface area contributed by atoms with E-state index in [4.69, 9.17) is 0 Å². The standard InChI is InChI=1S/C9H12N2.C2H6/c1-10-7-8-5-3-4-6-9(8)11(10)2;1-2/h3-6H,7H2,1-2H3;1-2H3. The van der Waals surface area contributed by atoms with Crippen molar-refractivity contribution in [3.63, 3.8) is 0 Å². The Balaban J connectivity index is 0.000000396. The third-order valence-corrected chi connectivity index (χ3v) is 2.25. The Hall–Kier alpha value is -1.02. The first-order valence-corrected chi connectivity index (χ1v) is 4.82. The van der Waals surface area contributed by atoms with Crippen LogP contribution < -0.4 is 5.01 Å². The first-order valence-electron chi connectivity index (χ1n) is 4.82. The molecule has 2 nitrogen and oxygen atoms in total.